The Labute approximate surface area is 182 Å². The van der Waals surface area contributed by atoms with E-state index >= 15 is 0 Å². The van der Waals surface area contributed by atoms with Crippen molar-refractivity contribution >= 4 is 35.3 Å². The first-order chi connectivity index (χ1) is 14.8. The molecular weight excluding hydrogens is 394 g/mol. The first kappa shape index (κ1) is 22.1. The van der Waals surface area contributed by atoms with Crippen LogP contribution < -0.4 is 19.9 Å². The molecule has 4 amide bonds. The monoisotopic (exact) mass is 421 g/mol. The third-order valence-electron chi connectivity index (χ3n) is 5.50. The van der Waals surface area contributed by atoms with Gasteiger partial charge in [-0.3, -0.25) is 14.9 Å². The van der Waals surface area contributed by atoms with Crippen molar-refractivity contribution in [2.45, 2.75) is 27.7 Å². The average molecular weight is 421 g/mol. The van der Waals surface area contributed by atoms with E-state index < -0.39 is 17.8 Å². The summed E-state index contributed by atoms with van der Waals surface area (Å²) >= 11 is 0. The van der Waals surface area contributed by atoms with E-state index in [1.807, 2.05) is 32.0 Å². The number of imide groups is 2. The van der Waals surface area contributed by atoms with E-state index in [0.29, 0.717) is 17.0 Å². The van der Waals surface area contributed by atoms with Crippen molar-refractivity contribution in [2.75, 3.05) is 30.0 Å². The van der Waals surface area contributed by atoms with Crippen molar-refractivity contribution in [1.29, 1.82) is 0 Å². The maximum atomic E-state index is 13.1. The van der Waals surface area contributed by atoms with E-state index in [9.17, 15) is 14.4 Å². The van der Waals surface area contributed by atoms with Gasteiger partial charge in [-0.2, -0.15) is 0 Å². The van der Waals surface area contributed by atoms with Crippen LogP contribution in [0.4, 0.5) is 16.2 Å². The Morgan fingerprint density at radius 3 is 2.32 bits per heavy atom. The Morgan fingerprint density at radius 1 is 1.00 bits per heavy atom. The van der Waals surface area contributed by atoms with Crippen molar-refractivity contribution in [1.82, 2.24) is 5.32 Å². The zero-order chi connectivity index (χ0) is 22.7. The number of rotatable bonds is 6. The zero-order valence-corrected chi connectivity index (χ0v) is 18.5. The lowest BCUT2D eigenvalue weighted by atomic mass is 10.0. The number of aryl methyl sites for hydroxylation is 2. The van der Waals surface area contributed by atoms with Crippen LogP contribution in [-0.4, -0.2) is 38.0 Å². The molecule has 0 aliphatic carbocycles. The molecule has 0 bridgehead atoms. The summed E-state index contributed by atoms with van der Waals surface area (Å²) in [6, 6.07) is 10.1. The van der Waals surface area contributed by atoms with Crippen LogP contribution in [0.25, 0.3) is 6.08 Å². The highest BCUT2D eigenvalue weighted by Crippen LogP contribution is 2.29. The van der Waals surface area contributed by atoms with E-state index in [2.05, 4.69) is 24.1 Å². The predicted octanol–water partition coefficient (Wildman–Crippen LogP) is 3.82. The van der Waals surface area contributed by atoms with Crippen molar-refractivity contribution in [3.05, 3.63) is 58.7 Å². The van der Waals surface area contributed by atoms with Crippen LogP contribution in [0.5, 0.6) is 5.75 Å². The number of hydrogen-bond donors (Lipinski definition) is 1. The van der Waals surface area contributed by atoms with E-state index in [-0.39, 0.29) is 5.57 Å². The number of barbiturate groups is 1. The smallest absolute Gasteiger partial charge is 0.335 e. The number of methoxy groups -OCH3 is 1. The molecule has 0 saturated carbocycles. The topological polar surface area (TPSA) is 79.0 Å². The predicted molar refractivity (Wildman–Crippen MR) is 121 cm³/mol. The Hall–Kier alpha value is -3.61. The van der Waals surface area contributed by atoms with Gasteiger partial charge >= 0.3 is 6.03 Å². The Bertz CT molecular complexity index is 1070. The summed E-state index contributed by atoms with van der Waals surface area (Å²) in [4.78, 5) is 41.2. The van der Waals surface area contributed by atoms with Crippen LogP contribution in [-0.2, 0) is 9.59 Å². The Balaban J connectivity index is 2.02. The van der Waals surface area contributed by atoms with Gasteiger partial charge in [0.1, 0.15) is 11.3 Å². The summed E-state index contributed by atoms with van der Waals surface area (Å²) in [5.74, 6) is -0.871. The van der Waals surface area contributed by atoms with E-state index in [1.54, 1.807) is 18.2 Å². The minimum Gasteiger partial charge on any atom is -0.496 e. The molecule has 1 saturated heterocycles. The lowest BCUT2D eigenvalue weighted by Gasteiger charge is -2.27. The molecule has 0 radical (unpaired) electrons. The third-order valence-corrected chi connectivity index (χ3v) is 5.50. The number of carbonyl (C=O) groups is 3. The SMILES string of the molecule is CCN(CC)c1ccc(/C=C2\C(=O)NC(=O)N(c3ccc(C)c(C)c3)C2=O)c(OC)c1. The molecule has 1 aliphatic rings. The summed E-state index contributed by atoms with van der Waals surface area (Å²) in [5, 5.41) is 2.26. The van der Waals surface area contributed by atoms with E-state index in [0.717, 1.165) is 34.8 Å². The Kier molecular flexibility index (Phi) is 6.44. The highest BCUT2D eigenvalue weighted by Gasteiger charge is 2.37. The molecule has 0 aromatic heterocycles. The second-order valence-electron chi connectivity index (χ2n) is 7.32. The maximum absolute atomic E-state index is 13.1. The molecule has 7 heteroatoms. The van der Waals surface area contributed by atoms with Crippen molar-refractivity contribution in [3.63, 3.8) is 0 Å². The zero-order valence-electron chi connectivity index (χ0n) is 18.5. The third kappa shape index (κ3) is 4.30. The van der Waals surface area contributed by atoms with Crippen LogP contribution in [0.15, 0.2) is 42.0 Å². The molecule has 3 rings (SSSR count). The number of ether oxygens (including phenoxy) is 1. The van der Waals surface area contributed by atoms with Gasteiger partial charge in [-0.25, -0.2) is 9.69 Å². The molecule has 1 aliphatic heterocycles. The number of anilines is 2. The number of urea groups is 1. The van der Waals surface area contributed by atoms with Gasteiger partial charge in [0.05, 0.1) is 12.8 Å². The summed E-state index contributed by atoms with van der Waals surface area (Å²) in [6.07, 6.45) is 1.46. The molecule has 0 spiro atoms. The van der Waals surface area contributed by atoms with Gasteiger partial charge in [-0.05, 0) is 69.2 Å². The number of nitrogens with zero attached hydrogens (tertiary/aromatic N) is 2. The molecule has 0 unspecified atom stereocenters. The average Bonchev–Trinajstić information content (AvgIpc) is 2.74. The second kappa shape index (κ2) is 9.04. The molecule has 1 fully saturated rings. The minimum absolute atomic E-state index is 0.133. The van der Waals surface area contributed by atoms with Gasteiger partial charge in [0.2, 0.25) is 0 Å². The fraction of sp³-hybridized carbons (Fsp3) is 0.292. The molecule has 0 atom stereocenters. The van der Waals surface area contributed by atoms with Crippen LogP contribution in [0.3, 0.4) is 0 Å². The number of benzene rings is 2. The van der Waals surface area contributed by atoms with E-state index in [1.165, 1.54) is 13.2 Å². The van der Waals surface area contributed by atoms with Crippen molar-refractivity contribution in [3.8, 4) is 5.75 Å². The molecule has 7 nitrogen and oxygen atoms in total. The number of carbonyl (C=O) groups excluding carboxylic acids is 3. The first-order valence-electron chi connectivity index (χ1n) is 10.2. The molecule has 1 N–H and O–H groups in total. The van der Waals surface area contributed by atoms with Gasteiger partial charge in [0.15, 0.2) is 0 Å². The molecular formula is C24H27N3O4. The maximum Gasteiger partial charge on any atom is 0.335 e. The van der Waals surface area contributed by atoms with Crippen LogP contribution in [0.2, 0.25) is 0 Å². The van der Waals surface area contributed by atoms with Gasteiger partial charge in [0.25, 0.3) is 11.8 Å². The van der Waals surface area contributed by atoms with Crippen molar-refractivity contribution in [2.24, 2.45) is 0 Å². The Morgan fingerprint density at radius 2 is 1.71 bits per heavy atom. The lowest BCUT2D eigenvalue weighted by Crippen LogP contribution is -2.54. The quantitative estimate of drug-likeness (QED) is 0.567. The fourth-order valence-electron chi connectivity index (χ4n) is 3.52. The summed E-state index contributed by atoms with van der Waals surface area (Å²) in [6.45, 7) is 9.65. The van der Waals surface area contributed by atoms with Crippen molar-refractivity contribution < 1.29 is 19.1 Å². The molecule has 31 heavy (non-hydrogen) atoms. The molecule has 162 valence electrons. The molecule has 1 heterocycles. The fourth-order valence-corrected chi connectivity index (χ4v) is 3.52. The molecule has 2 aromatic carbocycles. The van der Waals surface area contributed by atoms with Crippen LogP contribution in [0.1, 0.15) is 30.5 Å². The minimum atomic E-state index is -0.765. The van der Waals surface area contributed by atoms with Crippen LogP contribution >= 0.6 is 0 Å². The van der Waals surface area contributed by atoms with Gasteiger partial charge in [-0.15, -0.1) is 0 Å². The number of amides is 4. The summed E-state index contributed by atoms with van der Waals surface area (Å²) in [7, 11) is 1.54. The standard InChI is InChI=1S/C24H27N3O4/c1-6-26(7-2)18-11-9-17(21(14-18)31-5)13-20-22(28)25-24(30)27(23(20)29)19-10-8-15(3)16(4)12-19/h8-14H,6-7H2,1-5H3,(H,25,28,30)/b20-13+. The van der Waals surface area contributed by atoms with Gasteiger partial charge < -0.3 is 9.64 Å². The van der Waals surface area contributed by atoms with Gasteiger partial charge in [-0.1, -0.05) is 6.07 Å². The van der Waals surface area contributed by atoms with Crippen LogP contribution in [0, 0.1) is 13.8 Å². The second-order valence-corrected chi connectivity index (χ2v) is 7.32. The first-order valence-corrected chi connectivity index (χ1v) is 10.2. The number of hydrogen-bond acceptors (Lipinski definition) is 5. The summed E-state index contributed by atoms with van der Waals surface area (Å²) in [5.41, 5.74) is 3.81. The number of nitrogens with one attached hydrogen (secondary N) is 1. The van der Waals surface area contributed by atoms with E-state index in [4.69, 9.17) is 4.74 Å². The molecule has 2 aromatic rings. The highest BCUT2D eigenvalue weighted by molar-refractivity contribution is 6.39. The summed E-state index contributed by atoms with van der Waals surface area (Å²) < 4.78 is 5.50. The lowest BCUT2D eigenvalue weighted by molar-refractivity contribution is -0.122. The van der Waals surface area contributed by atoms with Gasteiger partial charge in [0, 0.05) is 30.4 Å². The highest BCUT2D eigenvalue weighted by atomic mass is 16.5. The normalized spacial score (nSPS) is 15.3. The largest absolute Gasteiger partial charge is 0.496 e.